The number of aromatic nitrogens is 2. The van der Waals surface area contributed by atoms with E-state index >= 15 is 0 Å². The number of hydrogen-bond acceptors (Lipinski definition) is 4. The minimum atomic E-state index is -0.212. The largest absolute Gasteiger partial charge is 0.342 e. The molecule has 5 nitrogen and oxygen atoms in total. The fourth-order valence-electron chi connectivity index (χ4n) is 3.68. The van der Waals surface area contributed by atoms with Crippen molar-refractivity contribution in [2.45, 2.75) is 38.0 Å². The van der Waals surface area contributed by atoms with Crippen molar-refractivity contribution in [1.82, 2.24) is 15.0 Å². The fourth-order valence-corrected chi connectivity index (χ4v) is 3.68. The lowest BCUT2D eigenvalue weighted by molar-refractivity contribution is -0.134. The first kappa shape index (κ1) is 15.3. The normalized spacial score (nSPS) is 26.4. The van der Waals surface area contributed by atoms with Gasteiger partial charge in [-0.2, -0.15) is 4.98 Å². The Labute approximate surface area is 139 Å². The summed E-state index contributed by atoms with van der Waals surface area (Å²) in [7, 11) is 0. The highest BCUT2D eigenvalue weighted by Crippen LogP contribution is 2.49. The van der Waals surface area contributed by atoms with Crippen LogP contribution >= 0.6 is 0 Å². The summed E-state index contributed by atoms with van der Waals surface area (Å²) in [5.74, 6) is 1.19. The molecule has 1 saturated heterocycles. The molecule has 1 aliphatic carbocycles. The molecule has 1 saturated carbocycles. The van der Waals surface area contributed by atoms with E-state index in [2.05, 4.69) is 10.1 Å². The van der Waals surface area contributed by atoms with E-state index in [-0.39, 0.29) is 29.5 Å². The quantitative estimate of drug-likeness (QED) is 0.868. The number of nitrogens with zero attached hydrogens (tertiary/aromatic N) is 3. The number of carbonyl (C=O) groups excluding carboxylic acids is 1. The highest BCUT2D eigenvalue weighted by atomic mass is 19.1. The highest BCUT2D eigenvalue weighted by molar-refractivity contribution is 5.83. The average molecular weight is 329 g/mol. The van der Waals surface area contributed by atoms with E-state index in [1.54, 1.807) is 19.1 Å². The summed E-state index contributed by atoms with van der Waals surface area (Å²) < 4.78 is 19.2. The van der Waals surface area contributed by atoms with Gasteiger partial charge in [0.05, 0.1) is 5.92 Å². The Bertz CT molecular complexity index is 760. The van der Waals surface area contributed by atoms with Crippen LogP contribution in [-0.2, 0) is 4.79 Å². The standard InChI is InChI=1S/C18H20FN3O2/c1-11-20-17(24-21-11)12-5-4-8-22(10-12)18(23)15-9-14(15)13-6-2-3-7-16(13)19/h2-3,6-7,12,14-15H,4-5,8-10H2,1H3/t12-,14-,15-/m1/s1. The second kappa shape index (κ2) is 6.00. The molecule has 1 aromatic heterocycles. The van der Waals surface area contributed by atoms with Crippen LogP contribution in [-0.4, -0.2) is 34.0 Å². The van der Waals surface area contributed by atoms with Gasteiger partial charge in [-0.15, -0.1) is 0 Å². The van der Waals surface area contributed by atoms with E-state index in [1.807, 2.05) is 11.0 Å². The van der Waals surface area contributed by atoms with Crippen LogP contribution in [0.4, 0.5) is 4.39 Å². The van der Waals surface area contributed by atoms with Crippen LogP contribution in [0.15, 0.2) is 28.8 Å². The van der Waals surface area contributed by atoms with Crippen molar-refractivity contribution < 1.29 is 13.7 Å². The smallest absolute Gasteiger partial charge is 0.231 e. The van der Waals surface area contributed by atoms with E-state index in [9.17, 15) is 9.18 Å². The van der Waals surface area contributed by atoms with Crippen LogP contribution in [0.5, 0.6) is 0 Å². The topological polar surface area (TPSA) is 59.2 Å². The third kappa shape index (κ3) is 2.81. The van der Waals surface area contributed by atoms with Gasteiger partial charge in [-0.1, -0.05) is 23.4 Å². The van der Waals surface area contributed by atoms with Gasteiger partial charge in [0.1, 0.15) is 5.82 Å². The van der Waals surface area contributed by atoms with E-state index in [0.29, 0.717) is 23.8 Å². The van der Waals surface area contributed by atoms with Gasteiger partial charge in [0, 0.05) is 19.0 Å². The molecule has 1 aliphatic heterocycles. The Balaban J connectivity index is 1.43. The number of piperidine rings is 1. The molecule has 2 aromatic rings. The second-order valence-corrected chi connectivity index (χ2v) is 6.77. The molecule has 2 heterocycles. The average Bonchev–Trinajstić information content (AvgIpc) is 3.27. The van der Waals surface area contributed by atoms with Crippen LogP contribution in [0.2, 0.25) is 0 Å². The predicted molar refractivity (Wildman–Crippen MR) is 84.8 cm³/mol. The Hall–Kier alpha value is -2.24. The van der Waals surface area contributed by atoms with Crippen LogP contribution in [0.3, 0.4) is 0 Å². The van der Waals surface area contributed by atoms with Gasteiger partial charge in [-0.3, -0.25) is 4.79 Å². The first-order valence-corrected chi connectivity index (χ1v) is 8.47. The molecule has 0 radical (unpaired) electrons. The van der Waals surface area contributed by atoms with Gasteiger partial charge in [0.2, 0.25) is 11.8 Å². The summed E-state index contributed by atoms with van der Waals surface area (Å²) in [6, 6.07) is 6.75. The zero-order chi connectivity index (χ0) is 16.7. The lowest BCUT2D eigenvalue weighted by Crippen LogP contribution is -2.40. The summed E-state index contributed by atoms with van der Waals surface area (Å²) in [4.78, 5) is 19.0. The van der Waals surface area contributed by atoms with E-state index in [1.165, 1.54) is 6.07 Å². The minimum absolute atomic E-state index is 0.0183. The predicted octanol–water partition coefficient (Wildman–Crippen LogP) is 3.03. The van der Waals surface area contributed by atoms with Gasteiger partial charge in [-0.05, 0) is 43.7 Å². The van der Waals surface area contributed by atoms with Gasteiger partial charge in [0.25, 0.3) is 0 Å². The monoisotopic (exact) mass is 329 g/mol. The number of rotatable bonds is 3. The van der Waals surface area contributed by atoms with Gasteiger partial charge in [-0.25, -0.2) is 4.39 Å². The molecule has 3 atom stereocenters. The summed E-state index contributed by atoms with van der Waals surface area (Å²) in [5, 5.41) is 3.84. The molecule has 6 heteroatoms. The fraction of sp³-hybridized carbons (Fsp3) is 0.500. The molecule has 4 rings (SSSR count). The van der Waals surface area contributed by atoms with Crippen molar-refractivity contribution in [2.75, 3.05) is 13.1 Å². The first-order valence-electron chi connectivity index (χ1n) is 8.47. The number of halogens is 1. The Morgan fingerprint density at radius 3 is 2.96 bits per heavy atom. The lowest BCUT2D eigenvalue weighted by Gasteiger charge is -2.31. The van der Waals surface area contributed by atoms with Crippen molar-refractivity contribution in [3.05, 3.63) is 47.4 Å². The molecule has 2 fully saturated rings. The molecular weight excluding hydrogens is 309 g/mol. The molecule has 1 aromatic carbocycles. The van der Waals surface area contributed by atoms with Crippen LogP contribution in [0, 0.1) is 18.7 Å². The Morgan fingerprint density at radius 2 is 2.21 bits per heavy atom. The SMILES string of the molecule is Cc1noc([C@@H]2CCCN(C(=O)[C@@H]3C[C@@H]3c3ccccc3F)C2)n1. The zero-order valence-electron chi connectivity index (χ0n) is 13.6. The maximum Gasteiger partial charge on any atom is 0.231 e. The van der Waals surface area contributed by atoms with Crippen molar-refractivity contribution >= 4 is 5.91 Å². The number of aryl methyl sites for hydroxylation is 1. The number of carbonyl (C=O) groups is 1. The van der Waals surface area contributed by atoms with Crippen molar-refractivity contribution in [3.8, 4) is 0 Å². The molecule has 2 aliphatic rings. The van der Waals surface area contributed by atoms with Crippen LogP contribution in [0.1, 0.15) is 48.4 Å². The number of amides is 1. The van der Waals surface area contributed by atoms with Gasteiger partial charge < -0.3 is 9.42 Å². The van der Waals surface area contributed by atoms with Crippen LogP contribution < -0.4 is 0 Å². The summed E-state index contributed by atoms with van der Waals surface area (Å²) in [5.41, 5.74) is 0.664. The van der Waals surface area contributed by atoms with E-state index in [0.717, 1.165) is 25.8 Å². The molecule has 0 bridgehead atoms. The lowest BCUT2D eigenvalue weighted by atomic mass is 9.97. The minimum Gasteiger partial charge on any atom is -0.342 e. The molecule has 0 N–H and O–H groups in total. The maximum atomic E-state index is 13.9. The highest BCUT2D eigenvalue weighted by Gasteiger charge is 2.47. The van der Waals surface area contributed by atoms with Crippen LogP contribution in [0.25, 0.3) is 0 Å². The molecule has 0 unspecified atom stereocenters. The zero-order valence-corrected chi connectivity index (χ0v) is 13.6. The molecule has 0 spiro atoms. The number of likely N-dealkylation sites (tertiary alicyclic amines) is 1. The number of hydrogen-bond donors (Lipinski definition) is 0. The van der Waals surface area contributed by atoms with Gasteiger partial charge >= 0.3 is 0 Å². The van der Waals surface area contributed by atoms with E-state index < -0.39 is 0 Å². The Morgan fingerprint density at radius 1 is 1.38 bits per heavy atom. The summed E-state index contributed by atoms with van der Waals surface area (Å²) in [6.07, 6.45) is 2.61. The third-order valence-electron chi connectivity index (χ3n) is 5.04. The van der Waals surface area contributed by atoms with E-state index in [4.69, 9.17) is 4.52 Å². The second-order valence-electron chi connectivity index (χ2n) is 6.77. The first-order chi connectivity index (χ1) is 11.6. The van der Waals surface area contributed by atoms with Crippen molar-refractivity contribution in [2.24, 2.45) is 5.92 Å². The Kier molecular flexibility index (Phi) is 3.82. The molecule has 24 heavy (non-hydrogen) atoms. The third-order valence-corrected chi connectivity index (χ3v) is 5.04. The molecular formula is C18H20FN3O2. The van der Waals surface area contributed by atoms with Gasteiger partial charge in [0.15, 0.2) is 5.82 Å². The van der Waals surface area contributed by atoms with Crippen molar-refractivity contribution in [1.29, 1.82) is 0 Å². The molecule has 1 amide bonds. The molecule has 126 valence electrons. The summed E-state index contributed by atoms with van der Waals surface area (Å²) in [6.45, 7) is 3.16. The van der Waals surface area contributed by atoms with Crippen molar-refractivity contribution in [3.63, 3.8) is 0 Å². The maximum absolute atomic E-state index is 13.9. The summed E-state index contributed by atoms with van der Waals surface area (Å²) >= 11 is 0. The number of benzene rings is 1.